The largest absolute Gasteiger partial charge is 0.336 e. The molecule has 3 rings (SSSR count). The third-order valence-corrected chi connectivity index (χ3v) is 5.70. The number of amides is 2. The van der Waals surface area contributed by atoms with Gasteiger partial charge in [0.05, 0.1) is 23.2 Å². The number of nitrogens with zero attached hydrogens (tertiary/aromatic N) is 3. The van der Waals surface area contributed by atoms with Crippen LogP contribution in [0.5, 0.6) is 0 Å². The summed E-state index contributed by atoms with van der Waals surface area (Å²) in [6.45, 7) is 5.73. The second-order valence-corrected chi connectivity index (χ2v) is 8.58. The summed E-state index contributed by atoms with van der Waals surface area (Å²) in [5.74, 6) is -0.416. The molecule has 7 nitrogen and oxygen atoms in total. The van der Waals surface area contributed by atoms with E-state index in [9.17, 15) is 14.4 Å². The Hall–Kier alpha value is -3.13. The highest BCUT2D eigenvalue weighted by Gasteiger charge is 2.18. The Labute approximate surface area is 185 Å². The van der Waals surface area contributed by atoms with Crippen molar-refractivity contribution in [2.75, 3.05) is 24.7 Å². The Bertz CT molecular complexity index is 1160. The van der Waals surface area contributed by atoms with Crippen LogP contribution in [0.3, 0.4) is 0 Å². The molecule has 0 saturated heterocycles. The molecule has 31 heavy (non-hydrogen) atoms. The zero-order valence-electron chi connectivity index (χ0n) is 18.1. The third kappa shape index (κ3) is 5.52. The maximum Gasteiger partial charge on any atom is 0.262 e. The number of rotatable bonds is 7. The van der Waals surface area contributed by atoms with Crippen molar-refractivity contribution in [1.82, 2.24) is 14.5 Å². The molecule has 3 aromatic rings. The molecule has 1 heterocycles. The highest BCUT2D eigenvalue weighted by molar-refractivity contribution is 7.99. The van der Waals surface area contributed by atoms with Crippen molar-refractivity contribution in [2.24, 2.45) is 0 Å². The van der Waals surface area contributed by atoms with Gasteiger partial charge in [-0.15, -0.1) is 0 Å². The fraction of sp³-hybridized carbons (Fsp3) is 0.304. The number of aromatic nitrogens is 2. The molecule has 0 aliphatic heterocycles. The molecule has 2 aromatic carbocycles. The van der Waals surface area contributed by atoms with E-state index < -0.39 is 0 Å². The van der Waals surface area contributed by atoms with Gasteiger partial charge in [0.2, 0.25) is 11.8 Å². The molecule has 0 saturated carbocycles. The van der Waals surface area contributed by atoms with Crippen LogP contribution in [0, 0.1) is 6.92 Å². The van der Waals surface area contributed by atoms with Crippen molar-refractivity contribution in [2.45, 2.75) is 32.0 Å². The average molecular weight is 439 g/mol. The number of benzene rings is 2. The molecule has 2 amide bonds. The summed E-state index contributed by atoms with van der Waals surface area (Å²) in [5.41, 5.74) is 2.27. The van der Waals surface area contributed by atoms with E-state index in [1.165, 1.54) is 16.7 Å². The second-order valence-electron chi connectivity index (χ2n) is 7.63. The number of hydrogen-bond donors (Lipinski definition) is 1. The molecule has 1 aromatic heterocycles. The molecule has 0 aliphatic carbocycles. The lowest BCUT2D eigenvalue weighted by molar-refractivity contribution is -0.131. The third-order valence-electron chi connectivity index (χ3n) is 4.76. The molecule has 0 unspecified atom stereocenters. The van der Waals surface area contributed by atoms with Crippen LogP contribution in [-0.2, 0) is 9.59 Å². The average Bonchev–Trinajstić information content (AvgIpc) is 2.73. The number of carbonyl (C=O) groups is 2. The van der Waals surface area contributed by atoms with Crippen molar-refractivity contribution < 1.29 is 9.59 Å². The fourth-order valence-electron chi connectivity index (χ4n) is 3.06. The van der Waals surface area contributed by atoms with E-state index >= 15 is 0 Å². The molecule has 0 spiro atoms. The first-order valence-electron chi connectivity index (χ1n) is 10.0. The van der Waals surface area contributed by atoms with Crippen LogP contribution in [0.1, 0.15) is 25.5 Å². The predicted molar refractivity (Wildman–Crippen MR) is 125 cm³/mol. The van der Waals surface area contributed by atoms with Crippen LogP contribution in [0.4, 0.5) is 5.69 Å². The van der Waals surface area contributed by atoms with Gasteiger partial charge < -0.3 is 10.2 Å². The Morgan fingerprint density at radius 3 is 2.48 bits per heavy atom. The van der Waals surface area contributed by atoms with Gasteiger partial charge in [-0.3, -0.25) is 19.0 Å². The van der Waals surface area contributed by atoms with Gasteiger partial charge >= 0.3 is 0 Å². The number of hydrogen-bond acceptors (Lipinski definition) is 5. The van der Waals surface area contributed by atoms with Crippen LogP contribution in [0.2, 0.25) is 0 Å². The molecular weight excluding hydrogens is 412 g/mol. The summed E-state index contributed by atoms with van der Waals surface area (Å²) in [6.07, 6.45) is 0. The van der Waals surface area contributed by atoms with Crippen molar-refractivity contribution >= 4 is 40.2 Å². The minimum atomic E-state index is -0.271. The normalized spacial score (nSPS) is 11.0. The van der Waals surface area contributed by atoms with Crippen LogP contribution < -0.4 is 10.9 Å². The van der Waals surface area contributed by atoms with Crippen LogP contribution >= 0.6 is 11.8 Å². The van der Waals surface area contributed by atoms with E-state index in [-0.39, 0.29) is 35.7 Å². The molecule has 0 aliphatic rings. The summed E-state index contributed by atoms with van der Waals surface area (Å²) in [7, 11) is 1.58. The number of thioether (sulfide) groups is 1. The minimum Gasteiger partial charge on any atom is -0.336 e. The summed E-state index contributed by atoms with van der Waals surface area (Å²) in [5, 5.41) is 3.83. The summed E-state index contributed by atoms with van der Waals surface area (Å²) < 4.78 is 1.60. The lowest BCUT2D eigenvalue weighted by Gasteiger charge is -2.18. The first kappa shape index (κ1) is 22.6. The Kier molecular flexibility index (Phi) is 7.12. The minimum absolute atomic E-state index is 0.0601. The zero-order chi connectivity index (χ0) is 22.5. The standard InChI is InChI=1S/C23H26N4O3S/c1-15(2)27-22(30)18-7-5-6-8-19(18)25-23(27)31-14-21(29)26(4)13-20(28)24-17-11-9-16(3)10-12-17/h5-12,15H,13-14H2,1-4H3,(H,24,28). The van der Waals surface area contributed by atoms with E-state index in [1.54, 1.807) is 23.7 Å². The first-order valence-corrected chi connectivity index (χ1v) is 11.0. The number of aryl methyl sites for hydroxylation is 1. The first-order chi connectivity index (χ1) is 14.8. The molecule has 0 bridgehead atoms. The summed E-state index contributed by atoms with van der Waals surface area (Å²) in [6, 6.07) is 14.5. The summed E-state index contributed by atoms with van der Waals surface area (Å²) in [4.78, 5) is 43.7. The molecule has 0 atom stereocenters. The second kappa shape index (κ2) is 9.78. The Morgan fingerprint density at radius 2 is 1.81 bits per heavy atom. The number of para-hydroxylation sites is 1. The highest BCUT2D eigenvalue weighted by Crippen LogP contribution is 2.21. The Morgan fingerprint density at radius 1 is 1.13 bits per heavy atom. The van der Waals surface area contributed by atoms with Crippen molar-refractivity contribution in [3.8, 4) is 0 Å². The zero-order valence-corrected chi connectivity index (χ0v) is 18.9. The topological polar surface area (TPSA) is 84.3 Å². The smallest absolute Gasteiger partial charge is 0.262 e. The number of carbonyl (C=O) groups excluding carboxylic acids is 2. The number of fused-ring (bicyclic) bond motifs is 1. The molecule has 8 heteroatoms. The maximum absolute atomic E-state index is 12.9. The van der Waals surface area contributed by atoms with Gasteiger partial charge in [0.15, 0.2) is 5.16 Å². The van der Waals surface area contributed by atoms with Gasteiger partial charge in [0.1, 0.15) is 0 Å². The molecular formula is C23H26N4O3S. The van der Waals surface area contributed by atoms with E-state index in [0.29, 0.717) is 21.7 Å². The monoisotopic (exact) mass is 438 g/mol. The van der Waals surface area contributed by atoms with E-state index in [4.69, 9.17) is 0 Å². The van der Waals surface area contributed by atoms with Crippen molar-refractivity contribution in [1.29, 1.82) is 0 Å². The van der Waals surface area contributed by atoms with Crippen LogP contribution in [-0.4, -0.2) is 45.6 Å². The van der Waals surface area contributed by atoms with E-state index in [0.717, 1.165) is 5.56 Å². The van der Waals surface area contributed by atoms with Crippen LogP contribution in [0.25, 0.3) is 10.9 Å². The predicted octanol–water partition coefficient (Wildman–Crippen LogP) is 3.48. The highest BCUT2D eigenvalue weighted by atomic mass is 32.2. The number of anilines is 1. The fourth-order valence-corrected chi connectivity index (χ4v) is 4.13. The van der Waals surface area contributed by atoms with Crippen LogP contribution in [0.15, 0.2) is 58.5 Å². The number of likely N-dealkylation sites (N-methyl/N-ethyl adjacent to an activating group) is 1. The Balaban J connectivity index is 1.66. The maximum atomic E-state index is 12.9. The van der Waals surface area contributed by atoms with Gasteiger partial charge in [-0.2, -0.15) is 0 Å². The van der Waals surface area contributed by atoms with Crippen molar-refractivity contribution in [3.63, 3.8) is 0 Å². The summed E-state index contributed by atoms with van der Waals surface area (Å²) >= 11 is 1.20. The van der Waals surface area contributed by atoms with Gasteiger partial charge in [-0.05, 0) is 45.0 Å². The van der Waals surface area contributed by atoms with Crippen molar-refractivity contribution in [3.05, 3.63) is 64.4 Å². The van der Waals surface area contributed by atoms with Gasteiger partial charge in [-0.1, -0.05) is 41.6 Å². The molecule has 0 fully saturated rings. The van der Waals surface area contributed by atoms with Gasteiger partial charge in [0, 0.05) is 18.8 Å². The molecule has 162 valence electrons. The van der Waals surface area contributed by atoms with Gasteiger partial charge in [0.25, 0.3) is 5.56 Å². The quantitative estimate of drug-likeness (QED) is 0.451. The molecule has 0 radical (unpaired) electrons. The lowest BCUT2D eigenvalue weighted by atomic mass is 10.2. The number of nitrogens with one attached hydrogen (secondary N) is 1. The lowest BCUT2D eigenvalue weighted by Crippen LogP contribution is -2.36. The molecule has 1 N–H and O–H groups in total. The van der Waals surface area contributed by atoms with Gasteiger partial charge in [-0.25, -0.2) is 4.98 Å². The van der Waals surface area contributed by atoms with E-state index in [2.05, 4.69) is 10.3 Å². The van der Waals surface area contributed by atoms with E-state index in [1.807, 2.05) is 57.2 Å². The SMILES string of the molecule is Cc1ccc(NC(=O)CN(C)C(=O)CSc2nc3ccccc3c(=O)n2C(C)C)cc1.